The monoisotopic (exact) mass is 702 g/mol. The lowest BCUT2D eigenvalue weighted by atomic mass is 9.61. The summed E-state index contributed by atoms with van der Waals surface area (Å²) in [4.78, 5) is 60.4. The van der Waals surface area contributed by atoms with Gasteiger partial charge in [-0.05, 0) is 80.6 Å². The van der Waals surface area contributed by atoms with Crippen molar-refractivity contribution in [3.8, 4) is 11.3 Å². The SMILES string of the molecule is CC(=O)c1nn(CC(=O)N2[C@H](C(=O)Nc3nc(Br)ccc3C)C[C@@]3(C4COC(C)(C)O4)CC[C@@H]23)c2cnc(-c3cnc(C)nc3)cc12. The number of aryl methyl sites for hydroxylation is 2. The van der Waals surface area contributed by atoms with E-state index in [-0.39, 0.29) is 42.0 Å². The van der Waals surface area contributed by atoms with Crippen molar-refractivity contribution in [3.63, 3.8) is 0 Å². The van der Waals surface area contributed by atoms with Crippen LogP contribution in [0.4, 0.5) is 5.82 Å². The number of likely N-dealkylation sites (tertiary alicyclic amines) is 1. The third kappa shape index (κ3) is 5.51. The summed E-state index contributed by atoms with van der Waals surface area (Å²) in [5.41, 5.74) is 2.40. The molecule has 2 amide bonds. The molecule has 1 aliphatic carbocycles. The Morgan fingerprint density at radius 2 is 1.87 bits per heavy atom. The summed E-state index contributed by atoms with van der Waals surface area (Å²) in [6.45, 7) is 9.06. The van der Waals surface area contributed by atoms with Gasteiger partial charge < -0.3 is 19.7 Å². The maximum atomic E-state index is 14.4. The summed E-state index contributed by atoms with van der Waals surface area (Å²) in [6.07, 6.45) is 6.64. The van der Waals surface area contributed by atoms with Gasteiger partial charge in [-0.15, -0.1) is 0 Å². The van der Waals surface area contributed by atoms with Crippen molar-refractivity contribution in [1.82, 2.24) is 34.6 Å². The number of ether oxygens (including phenoxy) is 2. The number of aromatic nitrogens is 6. The van der Waals surface area contributed by atoms with E-state index < -0.39 is 17.2 Å². The van der Waals surface area contributed by atoms with Crippen LogP contribution in [0.15, 0.2) is 41.4 Å². The lowest BCUT2D eigenvalue weighted by Crippen LogP contribution is -2.57. The molecule has 244 valence electrons. The van der Waals surface area contributed by atoms with Gasteiger partial charge >= 0.3 is 0 Å². The molecule has 4 aromatic rings. The molecular weight excluding hydrogens is 668 g/mol. The minimum atomic E-state index is -0.775. The molecule has 7 rings (SSSR count). The van der Waals surface area contributed by atoms with E-state index in [1.807, 2.05) is 26.8 Å². The number of hydrogen-bond acceptors (Lipinski definition) is 10. The zero-order chi connectivity index (χ0) is 33.2. The smallest absolute Gasteiger partial charge is 0.248 e. The van der Waals surface area contributed by atoms with Gasteiger partial charge in [0.15, 0.2) is 11.6 Å². The number of Topliss-reactive ketones (excluding diaryl/α,β-unsaturated/α-hetero) is 1. The second-order valence-electron chi connectivity index (χ2n) is 13.1. The minimum Gasteiger partial charge on any atom is -0.348 e. The molecule has 1 N–H and O–H groups in total. The number of anilines is 1. The van der Waals surface area contributed by atoms with E-state index >= 15 is 0 Å². The van der Waals surface area contributed by atoms with E-state index in [9.17, 15) is 14.4 Å². The van der Waals surface area contributed by atoms with Crippen LogP contribution in [0.25, 0.3) is 22.2 Å². The Morgan fingerprint density at radius 3 is 2.53 bits per heavy atom. The van der Waals surface area contributed by atoms with Gasteiger partial charge in [-0.1, -0.05) is 6.07 Å². The molecule has 2 saturated heterocycles. The number of nitrogens with zero attached hydrogens (tertiary/aromatic N) is 7. The van der Waals surface area contributed by atoms with Gasteiger partial charge in [0.25, 0.3) is 0 Å². The maximum Gasteiger partial charge on any atom is 0.248 e. The molecule has 6 heterocycles. The molecule has 0 spiro atoms. The highest BCUT2D eigenvalue weighted by Crippen LogP contribution is 2.59. The predicted octanol–water partition coefficient (Wildman–Crippen LogP) is 4.41. The highest BCUT2D eigenvalue weighted by molar-refractivity contribution is 9.10. The number of fused-ring (bicyclic) bond motifs is 2. The third-order valence-corrected chi connectivity index (χ3v) is 10.1. The van der Waals surface area contributed by atoms with Crippen LogP contribution < -0.4 is 5.32 Å². The Bertz CT molecular complexity index is 1930. The number of nitrogens with one attached hydrogen (secondary N) is 1. The van der Waals surface area contributed by atoms with Gasteiger partial charge in [0.1, 0.15) is 34.5 Å². The number of pyridine rings is 2. The predicted molar refractivity (Wildman–Crippen MR) is 174 cm³/mol. The molecule has 4 atom stereocenters. The maximum absolute atomic E-state index is 14.4. The third-order valence-electron chi connectivity index (χ3n) is 9.67. The summed E-state index contributed by atoms with van der Waals surface area (Å²) in [5, 5.41) is 8.12. The van der Waals surface area contributed by atoms with Crippen LogP contribution in [0.5, 0.6) is 0 Å². The molecule has 0 radical (unpaired) electrons. The number of ketones is 1. The number of carbonyl (C=O) groups excluding carboxylic acids is 3. The molecule has 13 nitrogen and oxygen atoms in total. The van der Waals surface area contributed by atoms with Crippen molar-refractivity contribution in [2.75, 3.05) is 11.9 Å². The van der Waals surface area contributed by atoms with E-state index in [1.165, 1.54) is 11.6 Å². The van der Waals surface area contributed by atoms with Gasteiger partial charge in [0, 0.05) is 41.7 Å². The van der Waals surface area contributed by atoms with Crippen LogP contribution in [0.2, 0.25) is 0 Å². The van der Waals surface area contributed by atoms with Gasteiger partial charge in [0.2, 0.25) is 11.8 Å². The summed E-state index contributed by atoms with van der Waals surface area (Å²) >= 11 is 3.38. The zero-order valence-electron chi connectivity index (χ0n) is 26.8. The Balaban J connectivity index is 1.23. The molecule has 0 aromatic carbocycles. The Labute approximate surface area is 279 Å². The summed E-state index contributed by atoms with van der Waals surface area (Å²) in [6, 6.07) is 4.43. The lowest BCUT2D eigenvalue weighted by molar-refractivity contribution is -0.170. The number of halogens is 1. The van der Waals surface area contributed by atoms with Crippen LogP contribution in [-0.4, -0.2) is 82.8 Å². The summed E-state index contributed by atoms with van der Waals surface area (Å²) in [7, 11) is 0. The molecular formula is C33H35BrN8O5. The van der Waals surface area contributed by atoms with Crippen LogP contribution >= 0.6 is 15.9 Å². The minimum absolute atomic E-state index is 0.184. The van der Waals surface area contributed by atoms with Gasteiger partial charge in [0.05, 0.1) is 30.1 Å². The standard InChI is InChI=1S/C33H35BrN8O5/c1-17-6-7-27(34)38-30(17)39-31(45)23-11-33(26-16-46-32(4,5)47-26)9-8-25(33)42(23)28(44)15-41-24-14-37-22(20-12-35-19(3)36-13-20)10-21(24)29(40-41)18(2)43/h6-7,10,12-14,23,25-26H,8-9,11,15-16H2,1-5H3,(H,38,39,45)/t23-,25+,26?,33-/m0/s1. The average Bonchev–Trinajstić information content (AvgIpc) is 3.64. The normalized spacial score (nSPS) is 24.6. The largest absolute Gasteiger partial charge is 0.348 e. The summed E-state index contributed by atoms with van der Waals surface area (Å²) < 4.78 is 14.4. The van der Waals surface area contributed by atoms with Crippen LogP contribution in [0.3, 0.4) is 0 Å². The van der Waals surface area contributed by atoms with Crippen molar-refractivity contribution in [1.29, 1.82) is 0 Å². The first kappa shape index (κ1) is 31.5. The highest BCUT2D eigenvalue weighted by Gasteiger charge is 2.66. The number of amides is 2. The fourth-order valence-electron chi connectivity index (χ4n) is 7.19. The first-order valence-electron chi connectivity index (χ1n) is 15.6. The Hall–Kier alpha value is -4.14. The van der Waals surface area contributed by atoms with Crippen LogP contribution in [-0.2, 0) is 25.6 Å². The molecule has 0 bridgehead atoms. The second-order valence-corrected chi connectivity index (χ2v) is 13.9. The number of rotatable bonds is 7. The van der Waals surface area contributed by atoms with E-state index in [0.29, 0.717) is 51.4 Å². The summed E-state index contributed by atoms with van der Waals surface area (Å²) in [5.74, 6) is -0.539. The topological polar surface area (TPSA) is 154 Å². The number of carbonyl (C=O) groups is 3. The van der Waals surface area contributed by atoms with Crippen molar-refractivity contribution >= 4 is 50.2 Å². The zero-order valence-corrected chi connectivity index (χ0v) is 28.4. The first-order chi connectivity index (χ1) is 22.3. The van der Waals surface area contributed by atoms with Gasteiger partial charge in [-0.2, -0.15) is 5.10 Å². The van der Waals surface area contributed by atoms with E-state index in [2.05, 4.69) is 46.3 Å². The van der Waals surface area contributed by atoms with Gasteiger partial charge in [-0.25, -0.2) is 15.0 Å². The van der Waals surface area contributed by atoms with E-state index in [1.54, 1.807) is 42.5 Å². The van der Waals surface area contributed by atoms with Crippen molar-refractivity contribution in [2.24, 2.45) is 5.41 Å². The van der Waals surface area contributed by atoms with Gasteiger partial charge in [-0.3, -0.25) is 24.0 Å². The van der Waals surface area contributed by atoms with Crippen LogP contribution in [0.1, 0.15) is 61.9 Å². The molecule has 2 aliphatic heterocycles. The van der Waals surface area contributed by atoms with E-state index in [4.69, 9.17) is 9.47 Å². The molecule has 3 fully saturated rings. The Morgan fingerprint density at radius 1 is 1.11 bits per heavy atom. The first-order valence-corrected chi connectivity index (χ1v) is 16.4. The number of hydrogen-bond donors (Lipinski definition) is 1. The molecule has 14 heteroatoms. The van der Waals surface area contributed by atoms with E-state index in [0.717, 1.165) is 18.4 Å². The van der Waals surface area contributed by atoms with Crippen LogP contribution in [0, 0.1) is 19.3 Å². The fraction of sp³-hybridized carbons (Fsp3) is 0.455. The Kier molecular flexibility index (Phi) is 7.72. The lowest BCUT2D eigenvalue weighted by Gasteiger charge is -2.50. The quantitative estimate of drug-likeness (QED) is 0.216. The van der Waals surface area contributed by atoms with Crippen molar-refractivity contribution in [3.05, 3.63) is 58.5 Å². The molecule has 47 heavy (non-hydrogen) atoms. The second kappa shape index (κ2) is 11.5. The molecule has 3 aliphatic rings. The molecule has 4 aromatic heterocycles. The molecule has 1 saturated carbocycles. The van der Waals surface area contributed by atoms with Crippen molar-refractivity contribution in [2.45, 2.75) is 84.4 Å². The van der Waals surface area contributed by atoms with Crippen molar-refractivity contribution < 1.29 is 23.9 Å². The highest BCUT2D eigenvalue weighted by atomic mass is 79.9. The average molecular weight is 704 g/mol. The fourth-order valence-corrected chi connectivity index (χ4v) is 7.50. The molecule has 1 unspecified atom stereocenters.